The molecule has 2 aromatic rings. The summed E-state index contributed by atoms with van der Waals surface area (Å²) in [6, 6.07) is 4.29. The zero-order chi connectivity index (χ0) is 14.0. The number of aromatic nitrogens is 2. The number of rotatable bonds is 3. The van der Waals surface area contributed by atoms with Crippen molar-refractivity contribution in [3.05, 3.63) is 62.1 Å². The molecule has 2 aromatic heterocycles. The molecule has 9 heteroatoms. The van der Waals surface area contributed by atoms with E-state index < -0.39 is 9.85 Å². The van der Waals surface area contributed by atoms with E-state index in [0.29, 0.717) is 4.73 Å². The number of pyridine rings is 2. The van der Waals surface area contributed by atoms with Crippen molar-refractivity contribution >= 4 is 11.4 Å². The van der Waals surface area contributed by atoms with Crippen molar-refractivity contribution in [1.29, 1.82) is 0 Å². The van der Waals surface area contributed by atoms with Crippen LogP contribution in [0.1, 0.15) is 0 Å². The predicted molar refractivity (Wildman–Crippen MR) is 61.9 cm³/mol. The van der Waals surface area contributed by atoms with Crippen molar-refractivity contribution in [1.82, 2.24) is 4.98 Å². The van der Waals surface area contributed by atoms with E-state index in [-0.39, 0.29) is 22.8 Å². The SMILES string of the molecule is O=[N+]([O-])c1ccnc(-c2cc([N+](=O)[O-])cc[n+]2[O-])c1. The highest BCUT2D eigenvalue weighted by molar-refractivity contribution is 5.57. The number of hydrogen-bond acceptors (Lipinski definition) is 6. The highest BCUT2D eigenvalue weighted by Gasteiger charge is 2.19. The molecule has 0 saturated carbocycles. The molecule has 0 spiro atoms. The van der Waals surface area contributed by atoms with Crippen LogP contribution in [-0.2, 0) is 0 Å². The van der Waals surface area contributed by atoms with Gasteiger partial charge in [-0.2, -0.15) is 4.73 Å². The van der Waals surface area contributed by atoms with Gasteiger partial charge >= 0.3 is 0 Å². The van der Waals surface area contributed by atoms with Crippen LogP contribution < -0.4 is 4.73 Å². The van der Waals surface area contributed by atoms with E-state index in [1.165, 1.54) is 0 Å². The molecule has 0 aliphatic rings. The third-order valence-corrected chi connectivity index (χ3v) is 2.33. The van der Waals surface area contributed by atoms with Gasteiger partial charge in [-0.1, -0.05) is 0 Å². The second-order valence-electron chi connectivity index (χ2n) is 3.51. The van der Waals surface area contributed by atoms with Crippen LogP contribution in [0.15, 0.2) is 36.7 Å². The minimum absolute atomic E-state index is 0.00657. The molecule has 2 heterocycles. The Labute approximate surface area is 105 Å². The predicted octanol–water partition coefficient (Wildman–Crippen LogP) is 1.20. The van der Waals surface area contributed by atoms with Crippen LogP contribution in [-0.4, -0.2) is 14.8 Å². The van der Waals surface area contributed by atoms with E-state index in [1.807, 2.05) is 0 Å². The second kappa shape index (κ2) is 4.64. The van der Waals surface area contributed by atoms with Gasteiger partial charge in [-0.25, -0.2) is 4.98 Å². The van der Waals surface area contributed by atoms with Crippen LogP contribution >= 0.6 is 0 Å². The fourth-order valence-electron chi connectivity index (χ4n) is 1.45. The monoisotopic (exact) mass is 262 g/mol. The van der Waals surface area contributed by atoms with Gasteiger partial charge in [-0.3, -0.25) is 20.2 Å². The molecular weight excluding hydrogens is 256 g/mol. The van der Waals surface area contributed by atoms with Crippen molar-refractivity contribution < 1.29 is 14.6 Å². The highest BCUT2D eigenvalue weighted by atomic mass is 16.6. The molecule has 0 bridgehead atoms. The van der Waals surface area contributed by atoms with Crippen molar-refractivity contribution in [2.24, 2.45) is 0 Å². The molecule has 9 nitrogen and oxygen atoms in total. The summed E-state index contributed by atoms with van der Waals surface area (Å²) in [5, 5.41) is 32.8. The summed E-state index contributed by atoms with van der Waals surface area (Å²) in [6.07, 6.45) is 2.11. The van der Waals surface area contributed by atoms with E-state index in [9.17, 15) is 25.4 Å². The Hall–Kier alpha value is -3.10. The zero-order valence-electron chi connectivity index (χ0n) is 9.29. The van der Waals surface area contributed by atoms with Crippen molar-refractivity contribution in [3.8, 4) is 11.4 Å². The van der Waals surface area contributed by atoms with E-state index in [1.54, 1.807) is 0 Å². The molecule has 0 aromatic carbocycles. The van der Waals surface area contributed by atoms with E-state index >= 15 is 0 Å². The zero-order valence-corrected chi connectivity index (χ0v) is 9.29. The Kier molecular flexibility index (Phi) is 3.02. The van der Waals surface area contributed by atoms with E-state index in [2.05, 4.69) is 4.98 Å². The normalized spacial score (nSPS) is 10.1. The van der Waals surface area contributed by atoms with Gasteiger partial charge in [0.2, 0.25) is 5.69 Å². The summed E-state index contributed by atoms with van der Waals surface area (Å²) >= 11 is 0. The lowest BCUT2D eigenvalue weighted by atomic mass is 10.2. The Balaban J connectivity index is 2.57. The number of nitrogens with zero attached hydrogens (tertiary/aromatic N) is 4. The average Bonchev–Trinajstić information content (AvgIpc) is 2.39. The third kappa shape index (κ3) is 2.44. The minimum Gasteiger partial charge on any atom is -0.618 e. The van der Waals surface area contributed by atoms with Crippen molar-refractivity contribution in [2.75, 3.05) is 0 Å². The van der Waals surface area contributed by atoms with Gasteiger partial charge in [0, 0.05) is 18.3 Å². The molecule has 0 amide bonds. The van der Waals surface area contributed by atoms with Crippen LogP contribution in [0.25, 0.3) is 11.4 Å². The molecule has 96 valence electrons. The lowest BCUT2D eigenvalue weighted by Crippen LogP contribution is -2.28. The summed E-state index contributed by atoms with van der Waals surface area (Å²) in [5.74, 6) is 0. The molecule has 0 fully saturated rings. The molecule has 2 rings (SSSR count). The quantitative estimate of drug-likeness (QED) is 0.354. The van der Waals surface area contributed by atoms with Gasteiger partial charge in [-0.15, -0.1) is 0 Å². The largest absolute Gasteiger partial charge is 0.618 e. The summed E-state index contributed by atoms with van der Waals surface area (Å²) < 4.78 is 0.360. The van der Waals surface area contributed by atoms with Crippen LogP contribution in [0.4, 0.5) is 11.4 Å². The van der Waals surface area contributed by atoms with Crippen molar-refractivity contribution in [3.63, 3.8) is 0 Å². The lowest BCUT2D eigenvalue weighted by molar-refractivity contribution is -0.594. The van der Waals surface area contributed by atoms with E-state index in [0.717, 1.165) is 36.7 Å². The standard InChI is InChI=1S/C10H6N4O5/c15-12-4-2-8(14(18)19)6-10(12)9-5-7(13(16)17)1-3-11-9/h1-6H. The Bertz CT molecular complexity index is 673. The molecule has 0 aliphatic heterocycles. The Morgan fingerprint density at radius 2 is 1.68 bits per heavy atom. The Morgan fingerprint density at radius 3 is 2.32 bits per heavy atom. The van der Waals surface area contributed by atoms with Crippen LogP contribution in [0.5, 0.6) is 0 Å². The number of nitro groups is 2. The summed E-state index contributed by atoms with van der Waals surface area (Å²) in [7, 11) is 0. The molecule has 0 radical (unpaired) electrons. The van der Waals surface area contributed by atoms with Gasteiger partial charge in [0.05, 0.1) is 22.0 Å². The molecular formula is C10H6N4O5. The maximum absolute atomic E-state index is 11.6. The maximum Gasteiger partial charge on any atom is 0.282 e. The van der Waals surface area contributed by atoms with Gasteiger partial charge < -0.3 is 5.21 Å². The average molecular weight is 262 g/mol. The van der Waals surface area contributed by atoms with Crippen LogP contribution in [0.2, 0.25) is 0 Å². The fourth-order valence-corrected chi connectivity index (χ4v) is 1.45. The van der Waals surface area contributed by atoms with Gasteiger partial charge in [0.1, 0.15) is 5.69 Å². The second-order valence-corrected chi connectivity index (χ2v) is 3.51. The first-order valence-corrected chi connectivity index (χ1v) is 4.97. The van der Waals surface area contributed by atoms with Gasteiger partial charge in [-0.05, 0) is 0 Å². The fraction of sp³-hybridized carbons (Fsp3) is 0. The molecule has 0 atom stereocenters. The Morgan fingerprint density at radius 1 is 1.05 bits per heavy atom. The maximum atomic E-state index is 11.6. The first-order valence-electron chi connectivity index (χ1n) is 4.97. The topological polar surface area (TPSA) is 126 Å². The van der Waals surface area contributed by atoms with Crippen LogP contribution in [0, 0.1) is 25.4 Å². The smallest absolute Gasteiger partial charge is 0.282 e. The summed E-state index contributed by atoms with van der Waals surface area (Å²) in [4.78, 5) is 23.8. The van der Waals surface area contributed by atoms with Gasteiger partial charge in [0.25, 0.3) is 11.4 Å². The van der Waals surface area contributed by atoms with Crippen molar-refractivity contribution in [2.45, 2.75) is 0 Å². The lowest BCUT2D eigenvalue weighted by Gasteiger charge is -2.03. The summed E-state index contributed by atoms with van der Waals surface area (Å²) in [6.45, 7) is 0. The number of hydrogen-bond donors (Lipinski definition) is 0. The molecule has 0 N–H and O–H groups in total. The third-order valence-electron chi connectivity index (χ3n) is 2.33. The molecule has 0 unspecified atom stereocenters. The van der Waals surface area contributed by atoms with Gasteiger partial charge in [0.15, 0.2) is 6.20 Å². The van der Waals surface area contributed by atoms with Crippen LogP contribution in [0.3, 0.4) is 0 Å². The molecule has 0 aliphatic carbocycles. The molecule has 0 saturated heterocycles. The first kappa shape index (κ1) is 12.4. The minimum atomic E-state index is -0.666. The first-order chi connectivity index (χ1) is 8.99. The van der Waals surface area contributed by atoms with E-state index in [4.69, 9.17) is 0 Å². The summed E-state index contributed by atoms with van der Waals surface area (Å²) in [5.41, 5.74) is -0.683. The molecule has 19 heavy (non-hydrogen) atoms. The highest BCUT2D eigenvalue weighted by Crippen LogP contribution is 2.21.